The van der Waals surface area contributed by atoms with Crippen LogP contribution in [0.15, 0.2) is 48.6 Å². The predicted molar refractivity (Wildman–Crippen MR) is 90.6 cm³/mol. The molecule has 1 aromatic rings. The van der Waals surface area contributed by atoms with Crippen molar-refractivity contribution in [1.82, 2.24) is 0 Å². The molecule has 25 heavy (non-hydrogen) atoms. The van der Waals surface area contributed by atoms with Gasteiger partial charge in [-0.25, -0.2) is 0 Å². The summed E-state index contributed by atoms with van der Waals surface area (Å²) in [4.78, 5) is 26.6. The van der Waals surface area contributed by atoms with Crippen LogP contribution in [0.2, 0.25) is 0 Å². The molecule has 0 N–H and O–H groups in total. The van der Waals surface area contributed by atoms with Crippen LogP contribution in [0, 0.1) is 18.8 Å². The van der Waals surface area contributed by atoms with Crippen molar-refractivity contribution < 1.29 is 19.4 Å². The Labute approximate surface area is 146 Å². The third-order valence-corrected chi connectivity index (χ3v) is 5.55. The maximum Gasteiger partial charge on any atom is 0.234 e. The van der Waals surface area contributed by atoms with Gasteiger partial charge in [-0.15, -0.1) is 6.58 Å². The first-order valence-corrected chi connectivity index (χ1v) is 8.47. The summed E-state index contributed by atoms with van der Waals surface area (Å²) in [6, 6.07) is 7.35. The highest BCUT2D eigenvalue weighted by molar-refractivity contribution is 6.03. The number of amides is 1. The Morgan fingerprint density at radius 1 is 1.36 bits per heavy atom. The van der Waals surface area contributed by atoms with Gasteiger partial charge in [0.25, 0.3) is 0 Å². The van der Waals surface area contributed by atoms with E-state index < -0.39 is 29.5 Å². The second-order valence-corrected chi connectivity index (χ2v) is 7.34. The SMILES string of the molecule is C=C(C)C[C@@H]1N(c2ccc(C)cc2)C(=O)[C@@H]2[C@H](C(=O)[O-])[C@H]3C=C[C@]21O3. The number of rotatable bonds is 4. The van der Waals surface area contributed by atoms with Gasteiger partial charge in [0.05, 0.1) is 18.1 Å². The average molecular weight is 338 g/mol. The first-order valence-electron chi connectivity index (χ1n) is 8.47. The molecular weight excluding hydrogens is 318 g/mol. The van der Waals surface area contributed by atoms with Crippen LogP contribution in [0.4, 0.5) is 5.69 Å². The summed E-state index contributed by atoms with van der Waals surface area (Å²) in [7, 11) is 0. The van der Waals surface area contributed by atoms with E-state index in [1.165, 1.54) is 0 Å². The van der Waals surface area contributed by atoms with E-state index in [0.717, 1.165) is 16.8 Å². The summed E-state index contributed by atoms with van der Waals surface area (Å²) in [6.07, 6.45) is 3.59. The molecule has 0 unspecified atom stereocenters. The molecule has 0 radical (unpaired) electrons. The van der Waals surface area contributed by atoms with Gasteiger partial charge in [-0.05, 0) is 32.4 Å². The Morgan fingerprint density at radius 2 is 2.04 bits per heavy atom. The molecule has 3 aliphatic heterocycles. The molecule has 3 heterocycles. The van der Waals surface area contributed by atoms with Crippen molar-refractivity contribution in [1.29, 1.82) is 0 Å². The number of hydrogen-bond donors (Lipinski definition) is 0. The molecule has 130 valence electrons. The molecule has 2 saturated heterocycles. The van der Waals surface area contributed by atoms with E-state index in [0.29, 0.717) is 6.42 Å². The van der Waals surface area contributed by atoms with E-state index in [1.807, 2.05) is 44.2 Å². The number of carboxylic acids is 1. The molecule has 4 rings (SSSR count). The zero-order chi connectivity index (χ0) is 17.9. The fourth-order valence-corrected chi connectivity index (χ4v) is 4.51. The number of carbonyl (C=O) groups is 2. The fraction of sp³-hybridized carbons (Fsp3) is 0.400. The van der Waals surface area contributed by atoms with Crippen LogP contribution in [0.3, 0.4) is 0 Å². The Kier molecular flexibility index (Phi) is 3.41. The van der Waals surface area contributed by atoms with Gasteiger partial charge in [-0.3, -0.25) is 4.79 Å². The third-order valence-electron chi connectivity index (χ3n) is 5.55. The van der Waals surface area contributed by atoms with Gasteiger partial charge in [0.15, 0.2) is 0 Å². The first kappa shape index (κ1) is 16.1. The summed E-state index contributed by atoms with van der Waals surface area (Å²) in [5.74, 6) is -3.13. The van der Waals surface area contributed by atoms with Gasteiger partial charge < -0.3 is 19.5 Å². The number of aliphatic carboxylic acids is 1. The number of carboxylic acid groups (broad SMARTS) is 1. The molecule has 1 amide bonds. The van der Waals surface area contributed by atoms with E-state index in [9.17, 15) is 14.7 Å². The number of hydrogen-bond acceptors (Lipinski definition) is 4. The van der Waals surface area contributed by atoms with E-state index in [4.69, 9.17) is 4.74 Å². The van der Waals surface area contributed by atoms with Crippen molar-refractivity contribution in [3.63, 3.8) is 0 Å². The third kappa shape index (κ3) is 2.12. The summed E-state index contributed by atoms with van der Waals surface area (Å²) in [6.45, 7) is 7.87. The van der Waals surface area contributed by atoms with Crippen LogP contribution in [0.1, 0.15) is 18.9 Å². The highest BCUT2D eigenvalue weighted by atomic mass is 16.5. The van der Waals surface area contributed by atoms with E-state index in [2.05, 4.69) is 6.58 Å². The number of ether oxygens (including phenoxy) is 1. The Bertz CT molecular complexity index is 796. The second kappa shape index (κ2) is 5.30. The van der Waals surface area contributed by atoms with Crippen LogP contribution in [0.5, 0.6) is 0 Å². The van der Waals surface area contributed by atoms with E-state index >= 15 is 0 Å². The lowest BCUT2D eigenvalue weighted by Gasteiger charge is -2.33. The number of fused-ring (bicyclic) bond motifs is 1. The molecule has 5 nitrogen and oxygen atoms in total. The standard InChI is InChI=1S/C20H21NO4/c1-11(2)10-15-20-9-8-14(25-20)16(19(23)24)17(20)18(22)21(15)13-6-4-12(3)5-7-13/h4-9,14-17H,1,10H2,2-3H3,(H,23,24)/p-1/t14-,15+,16-,17+,20-/m1/s1. The molecule has 0 saturated carbocycles. The number of benzene rings is 1. The van der Waals surface area contributed by atoms with Crippen LogP contribution in [0.25, 0.3) is 0 Å². The zero-order valence-electron chi connectivity index (χ0n) is 14.3. The van der Waals surface area contributed by atoms with E-state index in [-0.39, 0.29) is 11.9 Å². The maximum atomic E-state index is 13.3. The predicted octanol–water partition coefficient (Wildman–Crippen LogP) is 1.37. The largest absolute Gasteiger partial charge is 0.550 e. The van der Waals surface area contributed by atoms with Gasteiger partial charge in [0, 0.05) is 17.6 Å². The Hall–Kier alpha value is -2.40. The topological polar surface area (TPSA) is 69.7 Å². The monoisotopic (exact) mass is 338 g/mol. The lowest BCUT2D eigenvalue weighted by Crippen LogP contribution is -2.46. The molecule has 5 atom stereocenters. The minimum absolute atomic E-state index is 0.212. The Balaban J connectivity index is 1.84. The number of anilines is 1. The smallest absolute Gasteiger partial charge is 0.234 e. The molecule has 2 bridgehead atoms. The van der Waals surface area contributed by atoms with Crippen molar-refractivity contribution in [2.75, 3.05) is 4.90 Å². The lowest BCUT2D eigenvalue weighted by atomic mass is 9.74. The molecule has 1 spiro atoms. The van der Waals surface area contributed by atoms with Crippen molar-refractivity contribution in [3.05, 3.63) is 54.1 Å². The number of nitrogens with zero attached hydrogens (tertiary/aromatic N) is 1. The molecule has 3 aliphatic rings. The minimum atomic E-state index is -1.23. The number of aryl methyl sites for hydroxylation is 1. The zero-order valence-corrected chi connectivity index (χ0v) is 14.3. The van der Waals surface area contributed by atoms with Crippen molar-refractivity contribution >= 4 is 17.6 Å². The van der Waals surface area contributed by atoms with Gasteiger partial charge in [0.1, 0.15) is 5.60 Å². The Morgan fingerprint density at radius 3 is 2.64 bits per heavy atom. The first-order chi connectivity index (χ1) is 11.8. The quantitative estimate of drug-likeness (QED) is 0.778. The molecule has 0 aromatic heterocycles. The van der Waals surface area contributed by atoms with Crippen molar-refractivity contribution in [2.24, 2.45) is 11.8 Å². The maximum absolute atomic E-state index is 13.3. The van der Waals surface area contributed by atoms with Crippen molar-refractivity contribution in [3.8, 4) is 0 Å². The summed E-state index contributed by atoms with van der Waals surface area (Å²) >= 11 is 0. The molecule has 1 aromatic carbocycles. The van der Waals surface area contributed by atoms with Crippen LogP contribution >= 0.6 is 0 Å². The fourth-order valence-electron chi connectivity index (χ4n) is 4.51. The van der Waals surface area contributed by atoms with E-state index in [1.54, 1.807) is 11.0 Å². The molecule has 2 fully saturated rings. The molecular formula is C20H20NO4-. The van der Waals surface area contributed by atoms with Crippen LogP contribution in [-0.4, -0.2) is 29.6 Å². The summed E-state index contributed by atoms with van der Waals surface area (Å²) in [5, 5.41) is 11.7. The van der Waals surface area contributed by atoms with Gasteiger partial charge in [-0.2, -0.15) is 0 Å². The van der Waals surface area contributed by atoms with Gasteiger partial charge in [0.2, 0.25) is 5.91 Å². The number of carbonyl (C=O) groups excluding carboxylic acids is 2. The molecule has 5 heteroatoms. The lowest BCUT2D eigenvalue weighted by molar-refractivity contribution is -0.313. The average Bonchev–Trinajstić information content (AvgIpc) is 3.18. The summed E-state index contributed by atoms with van der Waals surface area (Å²) < 4.78 is 6.08. The molecule has 0 aliphatic carbocycles. The second-order valence-electron chi connectivity index (χ2n) is 7.34. The minimum Gasteiger partial charge on any atom is -0.550 e. The van der Waals surface area contributed by atoms with Crippen LogP contribution in [-0.2, 0) is 14.3 Å². The normalized spacial score (nSPS) is 35.3. The van der Waals surface area contributed by atoms with Gasteiger partial charge >= 0.3 is 0 Å². The van der Waals surface area contributed by atoms with Gasteiger partial charge in [-0.1, -0.05) is 35.4 Å². The highest BCUT2D eigenvalue weighted by Crippen LogP contribution is 2.56. The highest BCUT2D eigenvalue weighted by Gasteiger charge is 2.69. The van der Waals surface area contributed by atoms with Crippen molar-refractivity contribution in [2.45, 2.75) is 38.0 Å². The van der Waals surface area contributed by atoms with Crippen LogP contribution < -0.4 is 10.0 Å². The summed E-state index contributed by atoms with van der Waals surface area (Å²) in [5.41, 5.74) is 1.84.